The topological polar surface area (TPSA) is 41.1 Å². The monoisotopic (exact) mass is 246 g/mol. The summed E-state index contributed by atoms with van der Waals surface area (Å²) in [5, 5.41) is 5.02. The van der Waals surface area contributed by atoms with Crippen molar-refractivity contribution in [2.75, 3.05) is 18.4 Å². The van der Waals surface area contributed by atoms with Gasteiger partial charge in [0, 0.05) is 31.6 Å². The molecule has 1 aromatic carbocycles. The molecule has 0 saturated carbocycles. The van der Waals surface area contributed by atoms with Crippen molar-refractivity contribution in [1.29, 1.82) is 0 Å². The van der Waals surface area contributed by atoms with Crippen LogP contribution >= 0.6 is 0 Å². The molecule has 94 valence electrons. The molecule has 0 heterocycles. The van der Waals surface area contributed by atoms with E-state index < -0.39 is 17.5 Å². The van der Waals surface area contributed by atoms with Gasteiger partial charge in [-0.1, -0.05) is 0 Å². The first-order chi connectivity index (χ1) is 8.04. The van der Waals surface area contributed by atoms with E-state index in [1.165, 1.54) is 0 Å². The molecular formula is C11H13F3N2O. The molecule has 0 aliphatic carbocycles. The summed E-state index contributed by atoms with van der Waals surface area (Å²) in [6.07, 6.45) is 0.103. The van der Waals surface area contributed by atoms with Gasteiger partial charge in [-0.2, -0.15) is 0 Å². The number of anilines is 1. The van der Waals surface area contributed by atoms with Gasteiger partial charge in [-0.3, -0.25) is 4.79 Å². The number of rotatable bonds is 5. The van der Waals surface area contributed by atoms with Crippen LogP contribution in [0.5, 0.6) is 0 Å². The Balaban J connectivity index is 2.55. The van der Waals surface area contributed by atoms with Crippen molar-refractivity contribution < 1.29 is 18.0 Å². The molecule has 0 spiro atoms. The zero-order valence-corrected chi connectivity index (χ0v) is 9.32. The highest BCUT2D eigenvalue weighted by atomic mass is 19.2. The van der Waals surface area contributed by atoms with Gasteiger partial charge in [0.15, 0.2) is 11.6 Å². The molecule has 3 nitrogen and oxygen atoms in total. The number of carbonyl (C=O) groups excluding carboxylic acids is 1. The van der Waals surface area contributed by atoms with E-state index in [0.29, 0.717) is 12.6 Å². The Bertz CT molecular complexity index is 410. The quantitative estimate of drug-likeness (QED) is 0.781. The van der Waals surface area contributed by atoms with Gasteiger partial charge < -0.3 is 10.6 Å². The second-order valence-corrected chi connectivity index (χ2v) is 3.38. The maximum Gasteiger partial charge on any atom is 0.221 e. The highest BCUT2D eigenvalue weighted by Crippen LogP contribution is 2.18. The second kappa shape index (κ2) is 6.12. The number of hydrogen-bond donors (Lipinski definition) is 2. The summed E-state index contributed by atoms with van der Waals surface area (Å²) in [6, 6.07) is 1.31. The Kier molecular flexibility index (Phi) is 4.81. The number of hydrogen-bond acceptors (Lipinski definition) is 2. The number of carbonyl (C=O) groups is 1. The van der Waals surface area contributed by atoms with Crippen molar-refractivity contribution in [1.82, 2.24) is 5.32 Å². The van der Waals surface area contributed by atoms with Gasteiger partial charge in [-0.05, 0) is 6.92 Å². The van der Waals surface area contributed by atoms with Crippen LogP contribution in [0.15, 0.2) is 12.1 Å². The van der Waals surface area contributed by atoms with E-state index in [2.05, 4.69) is 10.6 Å². The Hall–Kier alpha value is -1.72. The molecule has 0 saturated heterocycles. The average molecular weight is 246 g/mol. The Morgan fingerprint density at radius 1 is 1.29 bits per heavy atom. The van der Waals surface area contributed by atoms with E-state index in [1.54, 1.807) is 6.92 Å². The first-order valence-corrected chi connectivity index (χ1v) is 5.19. The van der Waals surface area contributed by atoms with Crippen LogP contribution in [0.25, 0.3) is 0 Å². The predicted octanol–water partition coefficient (Wildman–Crippen LogP) is 2.04. The molecule has 0 unspecified atom stereocenters. The van der Waals surface area contributed by atoms with Gasteiger partial charge in [0.25, 0.3) is 0 Å². The molecule has 0 aliphatic heterocycles. The summed E-state index contributed by atoms with van der Waals surface area (Å²) in [5.74, 6) is -3.49. The van der Waals surface area contributed by atoms with E-state index in [9.17, 15) is 18.0 Å². The summed E-state index contributed by atoms with van der Waals surface area (Å²) < 4.78 is 38.8. The maximum atomic E-state index is 13.1. The lowest BCUT2D eigenvalue weighted by atomic mass is 10.2. The number of benzene rings is 1. The summed E-state index contributed by atoms with van der Waals surface area (Å²) in [7, 11) is 0. The third-order valence-electron chi connectivity index (χ3n) is 2.03. The van der Waals surface area contributed by atoms with Gasteiger partial charge in [0.1, 0.15) is 5.82 Å². The minimum Gasteiger partial charge on any atom is -0.382 e. The van der Waals surface area contributed by atoms with Gasteiger partial charge in [0.2, 0.25) is 5.91 Å². The Morgan fingerprint density at radius 3 is 2.65 bits per heavy atom. The number of nitrogens with one attached hydrogen (secondary N) is 2. The first-order valence-electron chi connectivity index (χ1n) is 5.19. The van der Waals surface area contributed by atoms with Gasteiger partial charge >= 0.3 is 0 Å². The number of amides is 1. The lowest BCUT2D eigenvalue weighted by Gasteiger charge is -2.08. The fraction of sp³-hybridized carbons (Fsp3) is 0.364. The largest absolute Gasteiger partial charge is 0.382 e. The van der Waals surface area contributed by atoms with Crippen LogP contribution in [0.1, 0.15) is 13.3 Å². The fourth-order valence-electron chi connectivity index (χ4n) is 1.28. The molecule has 1 rings (SSSR count). The minimum atomic E-state index is -1.26. The van der Waals surface area contributed by atoms with Crippen molar-refractivity contribution in [3.8, 4) is 0 Å². The molecule has 0 aliphatic rings. The standard InChI is InChI=1S/C11H13F3N2O/c1-2-15-10(17)3-4-16-9-6-7(12)5-8(13)11(9)14/h5-6,16H,2-4H2,1H3,(H,15,17). The predicted molar refractivity (Wildman–Crippen MR) is 58.1 cm³/mol. The minimum absolute atomic E-state index is 0.103. The maximum absolute atomic E-state index is 13.1. The molecule has 0 radical (unpaired) electrons. The Morgan fingerprint density at radius 2 is 2.00 bits per heavy atom. The second-order valence-electron chi connectivity index (χ2n) is 3.38. The van der Waals surface area contributed by atoms with E-state index >= 15 is 0 Å². The third kappa shape index (κ3) is 3.97. The van der Waals surface area contributed by atoms with Crippen LogP contribution in [0.3, 0.4) is 0 Å². The Labute approximate surface area is 97.0 Å². The van der Waals surface area contributed by atoms with Gasteiger partial charge in [-0.25, -0.2) is 13.2 Å². The van der Waals surface area contributed by atoms with Crippen LogP contribution in [-0.4, -0.2) is 19.0 Å². The van der Waals surface area contributed by atoms with Crippen molar-refractivity contribution in [3.05, 3.63) is 29.6 Å². The molecular weight excluding hydrogens is 233 g/mol. The lowest BCUT2D eigenvalue weighted by Crippen LogP contribution is -2.24. The highest BCUT2D eigenvalue weighted by Gasteiger charge is 2.10. The summed E-state index contributed by atoms with van der Waals surface area (Å²) in [5.41, 5.74) is -0.285. The van der Waals surface area contributed by atoms with Crippen molar-refractivity contribution >= 4 is 11.6 Å². The summed E-state index contributed by atoms with van der Waals surface area (Å²) in [4.78, 5) is 11.1. The third-order valence-corrected chi connectivity index (χ3v) is 2.03. The van der Waals surface area contributed by atoms with Crippen LogP contribution in [0, 0.1) is 17.5 Å². The summed E-state index contributed by atoms with van der Waals surface area (Å²) >= 11 is 0. The molecule has 0 atom stereocenters. The van der Waals surface area contributed by atoms with E-state index in [1.807, 2.05) is 0 Å². The van der Waals surface area contributed by atoms with E-state index in [0.717, 1.165) is 6.07 Å². The SMILES string of the molecule is CCNC(=O)CCNc1cc(F)cc(F)c1F. The van der Waals surface area contributed by atoms with Crippen LogP contribution in [-0.2, 0) is 4.79 Å². The van der Waals surface area contributed by atoms with Crippen LogP contribution < -0.4 is 10.6 Å². The fourth-order valence-corrected chi connectivity index (χ4v) is 1.28. The molecule has 2 N–H and O–H groups in total. The van der Waals surface area contributed by atoms with Gasteiger partial charge in [-0.15, -0.1) is 0 Å². The van der Waals surface area contributed by atoms with E-state index in [-0.39, 0.29) is 24.6 Å². The normalized spacial score (nSPS) is 10.1. The van der Waals surface area contributed by atoms with E-state index in [4.69, 9.17) is 0 Å². The lowest BCUT2D eigenvalue weighted by molar-refractivity contribution is -0.120. The molecule has 6 heteroatoms. The molecule has 17 heavy (non-hydrogen) atoms. The zero-order valence-electron chi connectivity index (χ0n) is 9.32. The molecule has 1 amide bonds. The highest BCUT2D eigenvalue weighted by molar-refractivity contribution is 5.76. The molecule has 0 fully saturated rings. The molecule has 0 aromatic heterocycles. The zero-order chi connectivity index (χ0) is 12.8. The summed E-state index contributed by atoms with van der Waals surface area (Å²) in [6.45, 7) is 2.38. The molecule has 0 bridgehead atoms. The first kappa shape index (κ1) is 13.3. The van der Waals surface area contributed by atoms with Crippen LogP contribution in [0.2, 0.25) is 0 Å². The smallest absolute Gasteiger partial charge is 0.221 e. The average Bonchev–Trinajstić information content (AvgIpc) is 2.25. The van der Waals surface area contributed by atoms with Crippen molar-refractivity contribution in [3.63, 3.8) is 0 Å². The van der Waals surface area contributed by atoms with Crippen molar-refractivity contribution in [2.45, 2.75) is 13.3 Å². The molecule has 1 aromatic rings. The van der Waals surface area contributed by atoms with Crippen molar-refractivity contribution in [2.24, 2.45) is 0 Å². The van der Waals surface area contributed by atoms with Gasteiger partial charge in [0.05, 0.1) is 5.69 Å². The number of halogens is 3. The van der Waals surface area contributed by atoms with Crippen LogP contribution in [0.4, 0.5) is 18.9 Å².